The highest BCUT2D eigenvalue weighted by Gasteiger charge is 2.31. The second-order valence-corrected chi connectivity index (χ2v) is 6.07. The van der Waals surface area contributed by atoms with Gasteiger partial charge >= 0.3 is 0 Å². The van der Waals surface area contributed by atoms with Crippen molar-refractivity contribution in [3.63, 3.8) is 0 Å². The highest BCUT2D eigenvalue weighted by molar-refractivity contribution is 6.32. The number of methoxy groups -OCH3 is 1. The molecule has 0 bridgehead atoms. The zero-order chi connectivity index (χ0) is 16.6. The van der Waals surface area contributed by atoms with Crippen molar-refractivity contribution >= 4 is 17.5 Å². The smallest absolute Gasteiger partial charge is 0.260 e. The summed E-state index contributed by atoms with van der Waals surface area (Å²) >= 11 is 6.16. The van der Waals surface area contributed by atoms with Gasteiger partial charge in [0.15, 0.2) is 0 Å². The number of aromatic nitrogens is 1. The first-order valence-corrected chi connectivity index (χ1v) is 7.65. The number of nitrogens with zero attached hydrogens (tertiary/aromatic N) is 2. The third kappa shape index (κ3) is 2.84. The summed E-state index contributed by atoms with van der Waals surface area (Å²) in [5, 5.41) is 4.43. The molecular weight excluding hydrogens is 316 g/mol. The average molecular weight is 333 g/mol. The van der Waals surface area contributed by atoms with Crippen LogP contribution in [0.4, 0.5) is 0 Å². The van der Waals surface area contributed by atoms with Gasteiger partial charge in [0.1, 0.15) is 23.3 Å². The van der Waals surface area contributed by atoms with E-state index in [0.29, 0.717) is 34.1 Å². The number of carbonyl (C=O) groups excluding carboxylic acids is 1. The molecule has 2 aromatic rings. The van der Waals surface area contributed by atoms with E-state index in [4.69, 9.17) is 20.9 Å². The van der Waals surface area contributed by atoms with E-state index < -0.39 is 0 Å². The Morgan fingerprint density at radius 1 is 1.52 bits per heavy atom. The zero-order valence-electron chi connectivity index (χ0n) is 13.0. The molecule has 0 aliphatic carbocycles. The molecule has 1 saturated heterocycles. The Labute approximate surface area is 139 Å². The summed E-state index contributed by atoms with van der Waals surface area (Å²) in [5.74, 6) is 0.454. The van der Waals surface area contributed by atoms with Crippen molar-refractivity contribution in [2.75, 3.05) is 13.7 Å². The van der Waals surface area contributed by atoms with E-state index >= 15 is 0 Å². The molecule has 0 N–H and O–H groups in total. The zero-order valence-corrected chi connectivity index (χ0v) is 13.8. The summed E-state index contributed by atoms with van der Waals surface area (Å²) in [4.78, 5) is 14.6. The number of carbonyl (C=O) groups is 1. The van der Waals surface area contributed by atoms with Gasteiger partial charge in [-0.15, -0.1) is 0 Å². The van der Waals surface area contributed by atoms with Crippen LogP contribution < -0.4 is 4.74 Å². The van der Waals surface area contributed by atoms with Gasteiger partial charge in [0.25, 0.3) is 5.91 Å². The van der Waals surface area contributed by atoms with Crippen molar-refractivity contribution in [2.45, 2.75) is 19.4 Å². The van der Waals surface area contributed by atoms with Gasteiger partial charge in [-0.05, 0) is 31.5 Å². The second-order valence-electron chi connectivity index (χ2n) is 5.66. The fourth-order valence-corrected chi connectivity index (χ4v) is 3.08. The largest absolute Gasteiger partial charge is 0.495 e. The van der Waals surface area contributed by atoms with Crippen LogP contribution >= 0.6 is 11.6 Å². The number of amides is 1. The van der Waals surface area contributed by atoms with Crippen LogP contribution in [0.3, 0.4) is 0 Å². The van der Waals surface area contributed by atoms with Crippen LogP contribution in [0.1, 0.15) is 23.7 Å². The van der Waals surface area contributed by atoms with Crippen LogP contribution in [-0.4, -0.2) is 35.7 Å². The normalized spacial score (nSPS) is 17.6. The summed E-state index contributed by atoms with van der Waals surface area (Å²) in [6, 6.07) is 5.37. The lowest BCUT2D eigenvalue weighted by molar-refractivity contribution is 0.0750. The second kappa shape index (κ2) is 6.08. The van der Waals surface area contributed by atoms with Gasteiger partial charge in [-0.1, -0.05) is 28.9 Å². The number of hydrogen-bond acceptors (Lipinski definition) is 4. The van der Waals surface area contributed by atoms with Gasteiger partial charge in [0.2, 0.25) is 0 Å². The van der Waals surface area contributed by atoms with E-state index in [1.54, 1.807) is 30.2 Å². The molecule has 1 amide bonds. The van der Waals surface area contributed by atoms with Gasteiger partial charge in [-0.25, -0.2) is 0 Å². The van der Waals surface area contributed by atoms with E-state index in [0.717, 1.165) is 12.0 Å². The Morgan fingerprint density at radius 3 is 2.91 bits per heavy atom. The van der Waals surface area contributed by atoms with E-state index in [1.807, 2.05) is 6.92 Å². The number of rotatable bonds is 3. The fraction of sp³-hybridized carbons (Fsp3) is 0.294. The van der Waals surface area contributed by atoms with E-state index in [1.165, 1.54) is 6.26 Å². The molecule has 120 valence electrons. The average Bonchev–Trinajstić information content (AvgIpc) is 3.13. The molecule has 3 rings (SSSR count). The van der Waals surface area contributed by atoms with Crippen LogP contribution in [0, 0.1) is 0 Å². The highest BCUT2D eigenvalue weighted by Crippen LogP contribution is 2.32. The predicted octanol–water partition coefficient (Wildman–Crippen LogP) is 3.79. The Morgan fingerprint density at radius 2 is 2.30 bits per heavy atom. The fourth-order valence-electron chi connectivity index (χ4n) is 2.83. The number of hydrogen-bond donors (Lipinski definition) is 0. The first-order valence-electron chi connectivity index (χ1n) is 7.27. The Balaban J connectivity index is 1.95. The van der Waals surface area contributed by atoms with Crippen molar-refractivity contribution in [1.29, 1.82) is 0 Å². The van der Waals surface area contributed by atoms with Crippen LogP contribution in [-0.2, 0) is 0 Å². The monoisotopic (exact) mass is 332 g/mol. The molecule has 0 spiro atoms. The lowest BCUT2D eigenvalue weighted by Gasteiger charge is -2.20. The van der Waals surface area contributed by atoms with Crippen molar-refractivity contribution < 1.29 is 14.1 Å². The molecular formula is C17H17ClN2O3. The molecule has 1 aliphatic heterocycles. The summed E-state index contributed by atoms with van der Waals surface area (Å²) in [6.07, 6.45) is 2.20. The third-order valence-corrected chi connectivity index (χ3v) is 4.29. The molecule has 6 heteroatoms. The van der Waals surface area contributed by atoms with Crippen molar-refractivity contribution in [3.05, 3.63) is 47.2 Å². The van der Waals surface area contributed by atoms with E-state index in [9.17, 15) is 4.79 Å². The summed E-state index contributed by atoms with van der Waals surface area (Å²) in [7, 11) is 1.55. The molecule has 1 aromatic heterocycles. The maximum Gasteiger partial charge on any atom is 0.260 e. The topological polar surface area (TPSA) is 55.6 Å². The highest BCUT2D eigenvalue weighted by atomic mass is 35.5. The van der Waals surface area contributed by atoms with Gasteiger partial charge in [-0.3, -0.25) is 4.79 Å². The molecule has 2 heterocycles. The number of benzene rings is 1. The molecule has 0 radical (unpaired) electrons. The molecule has 1 atom stereocenters. The molecule has 1 unspecified atom stereocenters. The number of ether oxygens (including phenoxy) is 1. The maximum absolute atomic E-state index is 12.8. The van der Waals surface area contributed by atoms with Crippen molar-refractivity contribution in [3.8, 4) is 17.0 Å². The van der Waals surface area contributed by atoms with Crippen molar-refractivity contribution in [1.82, 2.24) is 10.1 Å². The van der Waals surface area contributed by atoms with Crippen LogP contribution in [0.5, 0.6) is 5.75 Å². The minimum absolute atomic E-state index is 0.112. The SMILES string of the molecule is C=C1CC(C)N(C(=O)c2conc2-c2ccc(OC)c(Cl)c2)C1. The lowest BCUT2D eigenvalue weighted by atomic mass is 10.1. The lowest BCUT2D eigenvalue weighted by Crippen LogP contribution is -2.33. The molecule has 5 nitrogen and oxygen atoms in total. The van der Waals surface area contributed by atoms with E-state index in [-0.39, 0.29) is 11.9 Å². The standard InChI is InChI=1S/C17H17ClN2O3/c1-10-6-11(2)20(8-10)17(21)13-9-23-19-16(13)12-4-5-15(22-3)14(18)7-12/h4-5,7,9,11H,1,6,8H2,2-3H3. The molecule has 0 saturated carbocycles. The van der Waals surface area contributed by atoms with Gasteiger partial charge in [0.05, 0.1) is 12.1 Å². The molecule has 1 fully saturated rings. The van der Waals surface area contributed by atoms with Crippen LogP contribution in [0.2, 0.25) is 5.02 Å². The minimum atomic E-state index is -0.112. The summed E-state index contributed by atoms with van der Waals surface area (Å²) in [5.41, 5.74) is 2.66. The maximum atomic E-state index is 12.8. The summed E-state index contributed by atoms with van der Waals surface area (Å²) in [6.45, 7) is 6.54. The number of likely N-dealkylation sites (tertiary alicyclic amines) is 1. The minimum Gasteiger partial charge on any atom is -0.495 e. The van der Waals surface area contributed by atoms with E-state index in [2.05, 4.69) is 11.7 Å². The van der Waals surface area contributed by atoms with Crippen molar-refractivity contribution in [2.24, 2.45) is 0 Å². The predicted molar refractivity (Wildman–Crippen MR) is 87.8 cm³/mol. The summed E-state index contributed by atoms with van der Waals surface area (Å²) < 4.78 is 10.2. The first kappa shape index (κ1) is 15.6. The van der Waals surface area contributed by atoms with Gasteiger partial charge in [0, 0.05) is 18.2 Å². The Kier molecular flexibility index (Phi) is 4.13. The van der Waals surface area contributed by atoms with Gasteiger partial charge in [-0.2, -0.15) is 0 Å². The molecule has 23 heavy (non-hydrogen) atoms. The third-order valence-electron chi connectivity index (χ3n) is 4.00. The Bertz CT molecular complexity index is 769. The van der Waals surface area contributed by atoms with Gasteiger partial charge < -0.3 is 14.2 Å². The van der Waals surface area contributed by atoms with Crippen LogP contribution in [0.15, 0.2) is 41.1 Å². The molecule has 1 aliphatic rings. The van der Waals surface area contributed by atoms with Crippen LogP contribution in [0.25, 0.3) is 11.3 Å². The Hall–Kier alpha value is -2.27. The molecule has 1 aromatic carbocycles. The quantitative estimate of drug-likeness (QED) is 0.802. The number of halogens is 1. The first-order chi connectivity index (χ1) is 11.0.